The normalized spacial score (nSPS) is 23.2. The molecule has 0 aromatic heterocycles. The predicted molar refractivity (Wildman–Crippen MR) is 95.7 cm³/mol. The number of anilines is 1. The standard InChI is InChI=1S/C17H29N3O2S/c1-14-10-15(2)12-20(11-14)23(21,22)19(5)13-16-6-8-17(9-7-16)18(3)4/h6-9,14-15H,10-13H2,1-5H3. The Hall–Kier alpha value is -1.11. The Kier molecular flexibility index (Phi) is 5.70. The van der Waals surface area contributed by atoms with Crippen molar-refractivity contribution in [1.29, 1.82) is 0 Å². The molecule has 1 saturated heterocycles. The van der Waals surface area contributed by atoms with Crippen LogP contribution in [-0.2, 0) is 16.8 Å². The van der Waals surface area contributed by atoms with Crippen LogP contribution in [0.25, 0.3) is 0 Å². The highest BCUT2D eigenvalue weighted by molar-refractivity contribution is 7.86. The minimum absolute atomic E-state index is 0.398. The van der Waals surface area contributed by atoms with Gasteiger partial charge in [0.1, 0.15) is 0 Å². The van der Waals surface area contributed by atoms with Crippen LogP contribution in [0.15, 0.2) is 24.3 Å². The molecule has 0 N–H and O–H groups in total. The molecule has 1 aliphatic rings. The predicted octanol–water partition coefficient (Wildman–Crippen LogP) is 2.41. The summed E-state index contributed by atoms with van der Waals surface area (Å²) in [6.07, 6.45) is 1.10. The van der Waals surface area contributed by atoms with Gasteiger partial charge < -0.3 is 4.90 Å². The molecular weight excluding hydrogens is 310 g/mol. The van der Waals surface area contributed by atoms with Gasteiger partial charge in [-0.05, 0) is 36.0 Å². The van der Waals surface area contributed by atoms with Gasteiger partial charge in [0.05, 0.1) is 0 Å². The first-order valence-electron chi connectivity index (χ1n) is 8.18. The molecule has 0 saturated carbocycles. The maximum Gasteiger partial charge on any atom is 0.282 e. The molecule has 130 valence electrons. The summed E-state index contributed by atoms with van der Waals surface area (Å²) in [5, 5.41) is 0. The first kappa shape index (κ1) is 18.2. The molecule has 23 heavy (non-hydrogen) atoms. The second kappa shape index (κ2) is 7.20. The van der Waals surface area contributed by atoms with Gasteiger partial charge in [-0.15, -0.1) is 0 Å². The van der Waals surface area contributed by atoms with E-state index in [1.54, 1.807) is 11.4 Å². The fraction of sp³-hybridized carbons (Fsp3) is 0.647. The van der Waals surface area contributed by atoms with Gasteiger partial charge in [-0.25, -0.2) is 0 Å². The van der Waals surface area contributed by atoms with Gasteiger partial charge in [0.25, 0.3) is 10.2 Å². The van der Waals surface area contributed by atoms with Crippen molar-refractivity contribution in [3.05, 3.63) is 29.8 Å². The molecule has 0 spiro atoms. The first-order valence-corrected chi connectivity index (χ1v) is 9.57. The van der Waals surface area contributed by atoms with Crippen molar-refractivity contribution in [3.8, 4) is 0 Å². The van der Waals surface area contributed by atoms with Gasteiger partial charge >= 0.3 is 0 Å². The molecule has 2 unspecified atom stereocenters. The third kappa shape index (κ3) is 4.46. The zero-order chi connectivity index (χ0) is 17.2. The molecule has 5 nitrogen and oxygen atoms in total. The third-order valence-electron chi connectivity index (χ3n) is 4.41. The average molecular weight is 340 g/mol. The number of piperidine rings is 1. The second-order valence-electron chi connectivity index (χ2n) is 7.09. The van der Waals surface area contributed by atoms with Crippen LogP contribution >= 0.6 is 0 Å². The van der Waals surface area contributed by atoms with Gasteiger partial charge in [-0.3, -0.25) is 0 Å². The van der Waals surface area contributed by atoms with Gasteiger partial charge in [0.15, 0.2) is 0 Å². The van der Waals surface area contributed by atoms with E-state index in [1.807, 2.05) is 43.3 Å². The Morgan fingerprint density at radius 2 is 1.57 bits per heavy atom. The Morgan fingerprint density at radius 1 is 1.04 bits per heavy atom. The smallest absolute Gasteiger partial charge is 0.282 e. The summed E-state index contributed by atoms with van der Waals surface area (Å²) in [6.45, 7) is 5.89. The lowest BCUT2D eigenvalue weighted by Crippen LogP contribution is -2.48. The van der Waals surface area contributed by atoms with E-state index in [-0.39, 0.29) is 0 Å². The van der Waals surface area contributed by atoms with Crippen LogP contribution in [0.4, 0.5) is 5.69 Å². The lowest BCUT2D eigenvalue weighted by atomic mass is 9.94. The summed E-state index contributed by atoms with van der Waals surface area (Å²) >= 11 is 0. The summed E-state index contributed by atoms with van der Waals surface area (Å²) in [5.74, 6) is 0.836. The largest absolute Gasteiger partial charge is 0.378 e. The molecule has 0 aliphatic carbocycles. The number of hydrogen-bond acceptors (Lipinski definition) is 3. The van der Waals surface area contributed by atoms with Crippen molar-refractivity contribution in [3.63, 3.8) is 0 Å². The summed E-state index contributed by atoms with van der Waals surface area (Å²) in [5.41, 5.74) is 2.11. The van der Waals surface area contributed by atoms with Gasteiger partial charge in [0.2, 0.25) is 0 Å². The van der Waals surface area contributed by atoms with Crippen LogP contribution in [0.2, 0.25) is 0 Å². The van der Waals surface area contributed by atoms with E-state index < -0.39 is 10.2 Å². The number of hydrogen-bond donors (Lipinski definition) is 0. The average Bonchev–Trinajstić information content (AvgIpc) is 2.46. The molecule has 1 aromatic carbocycles. The van der Waals surface area contributed by atoms with Crippen molar-refractivity contribution >= 4 is 15.9 Å². The number of benzene rings is 1. The van der Waals surface area contributed by atoms with E-state index in [9.17, 15) is 8.42 Å². The molecule has 2 rings (SSSR count). The quantitative estimate of drug-likeness (QED) is 0.827. The topological polar surface area (TPSA) is 43.9 Å². The summed E-state index contributed by atoms with van der Waals surface area (Å²) < 4.78 is 28.7. The van der Waals surface area contributed by atoms with Crippen LogP contribution in [-0.4, -0.2) is 51.3 Å². The third-order valence-corrected chi connectivity index (χ3v) is 6.28. The van der Waals surface area contributed by atoms with Crippen LogP contribution in [0.3, 0.4) is 0 Å². The molecule has 1 heterocycles. The van der Waals surface area contributed by atoms with E-state index in [0.717, 1.165) is 17.7 Å². The van der Waals surface area contributed by atoms with Gasteiger partial charge in [0, 0.05) is 46.5 Å². The SMILES string of the molecule is CC1CC(C)CN(S(=O)(=O)N(C)Cc2ccc(N(C)C)cc2)C1. The molecule has 0 radical (unpaired) electrons. The van der Waals surface area contributed by atoms with E-state index in [0.29, 0.717) is 31.5 Å². The summed E-state index contributed by atoms with van der Waals surface area (Å²) in [4.78, 5) is 2.03. The fourth-order valence-corrected chi connectivity index (χ4v) is 4.82. The molecule has 0 bridgehead atoms. The Morgan fingerprint density at radius 3 is 2.04 bits per heavy atom. The van der Waals surface area contributed by atoms with E-state index in [4.69, 9.17) is 0 Å². The maximum atomic E-state index is 12.8. The Balaban J connectivity index is 2.07. The highest BCUT2D eigenvalue weighted by atomic mass is 32.2. The number of rotatable bonds is 5. The Bertz CT molecular complexity index is 603. The molecular formula is C17H29N3O2S. The van der Waals surface area contributed by atoms with Crippen molar-refractivity contribution in [2.75, 3.05) is 39.1 Å². The second-order valence-corrected chi connectivity index (χ2v) is 9.12. The number of nitrogens with zero attached hydrogens (tertiary/aromatic N) is 3. The monoisotopic (exact) mass is 339 g/mol. The zero-order valence-corrected chi connectivity index (χ0v) is 15.7. The zero-order valence-electron chi connectivity index (χ0n) is 14.9. The molecule has 1 aromatic rings. The first-order chi connectivity index (χ1) is 10.7. The molecule has 1 aliphatic heterocycles. The highest BCUT2D eigenvalue weighted by Crippen LogP contribution is 2.25. The molecule has 6 heteroatoms. The van der Waals surface area contributed by atoms with Crippen LogP contribution in [0, 0.1) is 11.8 Å². The minimum Gasteiger partial charge on any atom is -0.378 e. The van der Waals surface area contributed by atoms with Crippen molar-refractivity contribution in [2.24, 2.45) is 11.8 Å². The van der Waals surface area contributed by atoms with E-state index in [2.05, 4.69) is 13.8 Å². The van der Waals surface area contributed by atoms with Crippen molar-refractivity contribution in [1.82, 2.24) is 8.61 Å². The minimum atomic E-state index is -3.40. The summed E-state index contributed by atoms with van der Waals surface area (Å²) in [6, 6.07) is 8.01. The molecule has 0 amide bonds. The molecule has 1 fully saturated rings. The Labute approximate surface area is 141 Å². The van der Waals surface area contributed by atoms with Crippen LogP contribution in [0.1, 0.15) is 25.8 Å². The van der Waals surface area contributed by atoms with Crippen LogP contribution in [0.5, 0.6) is 0 Å². The summed E-state index contributed by atoms with van der Waals surface area (Å²) in [7, 11) is 2.25. The van der Waals surface area contributed by atoms with Gasteiger partial charge in [-0.1, -0.05) is 26.0 Å². The lowest BCUT2D eigenvalue weighted by molar-refractivity contribution is 0.211. The lowest BCUT2D eigenvalue weighted by Gasteiger charge is -2.36. The van der Waals surface area contributed by atoms with Crippen molar-refractivity contribution < 1.29 is 8.42 Å². The highest BCUT2D eigenvalue weighted by Gasteiger charge is 2.33. The van der Waals surface area contributed by atoms with E-state index in [1.165, 1.54) is 4.31 Å². The maximum absolute atomic E-state index is 12.8. The van der Waals surface area contributed by atoms with E-state index >= 15 is 0 Å². The fourth-order valence-electron chi connectivity index (χ4n) is 3.23. The van der Waals surface area contributed by atoms with Crippen molar-refractivity contribution in [2.45, 2.75) is 26.8 Å². The van der Waals surface area contributed by atoms with Gasteiger partial charge in [-0.2, -0.15) is 17.0 Å². The van der Waals surface area contributed by atoms with Crippen LogP contribution < -0.4 is 4.90 Å². The molecule has 2 atom stereocenters.